The van der Waals surface area contributed by atoms with Crippen molar-refractivity contribution < 1.29 is 22.1 Å². The van der Waals surface area contributed by atoms with Gasteiger partial charge in [0, 0.05) is 63.9 Å². The molecule has 11 heteroatoms. The fourth-order valence-electron chi connectivity index (χ4n) is 4.67. The van der Waals surface area contributed by atoms with Crippen LogP contribution in [0.1, 0.15) is 33.1 Å². The van der Waals surface area contributed by atoms with Gasteiger partial charge in [-0.05, 0) is 38.8 Å². The van der Waals surface area contributed by atoms with Crippen molar-refractivity contribution in [3.05, 3.63) is 34.4 Å². The molecule has 2 aliphatic rings. The second kappa shape index (κ2) is 9.05. The minimum absolute atomic E-state index is 0.231. The average molecular weight is 461 g/mol. The highest BCUT2D eigenvalue weighted by molar-refractivity contribution is 7.89. The van der Waals surface area contributed by atoms with Gasteiger partial charge < -0.3 is 0 Å². The van der Waals surface area contributed by atoms with E-state index in [1.54, 1.807) is 0 Å². The van der Waals surface area contributed by atoms with Crippen molar-refractivity contribution in [2.75, 3.05) is 33.2 Å². The first-order chi connectivity index (χ1) is 14.4. The minimum atomic E-state index is -4.25. The highest BCUT2D eigenvalue weighted by Crippen LogP contribution is 2.40. The number of alkyl halides is 2. The molecule has 0 unspecified atom stereocenters. The maximum atomic E-state index is 15.1. The van der Waals surface area contributed by atoms with Crippen LogP contribution in [0.2, 0.25) is 0 Å². The number of non-ortho nitro benzene ring substituents is 1. The van der Waals surface area contributed by atoms with Gasteiger partial charge in [0.25, 0.3) is 11.6 Å². The first kappa shape index (κ1) is 24.0. The molecule has 2 fully saturated rings. The largest absolute Gasteiger partial charge is 0.298 e. The molecule has 0 radical (unpaired) electrons. The number of nitro benzene ring substituents is 1. The van der Waals surface area contributed by atoms with Crippen LogP contribution in [-0.4, -0.2) is 84.7 Å². The third-order valence-electron chi connectivity index (χ3n) is 6.47. The van der Waals surface area contributed by atoms with Gasteiger partial charge in [0.1, 0.15) is 6.04 Å². The van der Waals surface area contributed by atoms with Gasteiger partial charge in [0.05, 0.1) is 9.82 Å². The van der Waals surface area contributed by atoms with Gasteiger partial charge in [0.2, 0.25) is 10.0 Å². The van der Waals surface area contributed by atoms with Gasteiger partial charge in [-0.3, -0.25) is 19.9 Å². The number of sulfonamides is 1. The summed E-state index contributed by atoms with van der Waals surface area (Å²) in [7, 11) is -3.06. The minimum Gasteiger partial charge on any atom is -0.298 e. The van der Waals surface area contributed by atoms with Crippen molar-refractivity contribution in [2.45, 2.75) is 62.1 Å². The molecular formula is C20H30F2N4O4S. The summed E-state index contributed by atoms with van der Waals surface area (Å²) in [5, 5.41) is 10.8. The van der Waals surface area contributed by atoms with Crippen LogP contribution in [0, 0.1) is 10.1 Å². The number of nitrogens with zero attached hydrogens (tertiary/aromatic N) is 4. The summed E-state index contributed by atoms with van der Waals surface area (Å²) >= 11 is 0. The van der Waals surface area contributed by atoms with Crippen LogP contribution in [0.5, 0.6) is 0 Å². The number of piperazine rings is 1. The molecule has 1 aromatic rings. The molecule has 1 aliphatic heterocycles. The Hall–Kier alpha value is -1.69. The molecule has 0 spiro atoms. The number of likely N-dealkylation sites (N-methyl/N-ethyl adjacent to an activating group) is 1. The number of halogens is 2. The van der Waals surface area contributed by atoms with Gasteiger partial charge >= 0.3 is 0 Å². The Morgan fingerprint density at radius 1 is 1.16 bits per heavy atom. The summed E-state index contributed by atoms with van der Waals surface area (Å²) < 4.78 is 57.3. The van der Waals surface area contributed by atoms with Crippen molar-refractivity contribution >= 4 is 15.7 Å². The summed E-state index contributed by atoms with van der Waals surface area (Å²) in [6, 6.07) is 2.63. The molecule has 8 nitrogen and oxygen atoms in total. The average Bonchev–Trinajstić information content (AvgIpc) is 2.72. The molecule has 1 saturated heterocycles. The topological polar surface area (TPSA) is 87.0 Å². The lowest BCUT2D eigenvalue weighted by molar-refractivity contribution is -0.384. The molecular weight excluding hydrogens is 430 g/mol. The van der Waals surface area contributed by atoms with Crippen molar-refractivity contribution in [3.63, 3.8) is 0 Å². The lowest BCUT2D eigenvalue weighted by atomic mass is 9.85. The zero-order chi connectivity index (χ0) is 23.0. The van der Waals surface area contributed by atoms with Gasteiger partial charge in [-0.1, -0.05) is 0 Å². The molecule has 31 heavy (non-hydrogen) atoms. The molecule has 0 amide bonds. The van der Waals surface area contributed by atoms with Crippen LogP contribution in [0.4, 0.5) is 14.5 Å². The van der Waals surface area contributed by atoms with Crippen LogP contribution in [-0.2, 0) is 10.0 Å². The maximum Gasteiger partial charge on any atom is 0.269 e. The number of nitro groups is 1. The quantitative estimate of drug-likeness (QED) is 0.479. The highest BCUT2D eigenvalue weighted by Gasteiger charge is 2.53. The van der Waals surface area contributed by atoms with Gasteiger partial charge in [0.15, 0.2) is 0 Å². The van der Waals surface area contributed by atoms with E-state index in [2.05, 4.69) is 18.7 Å². The van der Waals surface area contributed by atoms with E-state index in [4.69, 9.17) is 0 Å². The molecule has 1 saturated carbocycles. The number of hydrogen-bond acceptors (Lipinski definition) is 6. The molecule has 1 aromatic carbocycles. The molecule has 0 N–H and O–H groups in total. The Kier molecular flexibility index (Phi) is 6.99. The van der Waals surface area contributed by atoms with E-state index >= 15 is 8.78 Å². The molecule has 3 rings (SSSR count). The zero-order valence-electron chi connectivity index (χ0n) is 18.1. The predicted molar refractivity (Wildman–Crippen MR) is 113 cm³/mol. The second-order valence-electron chi connectivity index (χ2n) is 8.60. The van der Waals surface area contributed by atoms with Crippen LogP contribution in [0.25, 0.3) is 0 Å². The first-order valence-corrected chi connectivity index (χ1v) is 12.0. The standard InChI is InChI=1S/C20H30F2N4O4S/c1-15(2)24-11-13-25(14-12-24)18-5-4-10-20(21,22)19(18)23(3)31(29,30)17-8-6-16(7-9-17)26(27)28/h6-9,15,18-19H,4-5,10-14H2,1-3H3/t18-,19+/m0/s1. The predicted octanol–water partition coefficient (Wildman–Crippen LogP) is 2.80. The van der Waals surface area contributed by atoms with Crippen molar-refractivity contribution in [1.82, 2.24) is 14.1 Å². The Balaban J connectivity index is 1.87. The number of benzene rings is 1. The molecule has 1 aliphatic carbocycles. The van der Waals surface area contributed by atoms with E-state index in [1.807, 2.05) is 4.90 Å². The van der Waals surface area contributed by atoms with Crippen molar-refractivity contribution in [1.29, 1.82) is 0 Å². The fraction of sp³-hybridized carbons (Fsp3) is 0.700. The Morgan fingerprint density at radius 3 is 2.26 bits per heavy atom. The lowest BCUT2D eigenvalue weighted by Gasteiger charge is -2.49. The van der Waals surface area contributed by atoms with Gasteiger partial charge in [-0.2, -0.15) is 4.31 Å². The fourth-order valence-corrected chi connectivity index (χ4v) is 6.07. The number of rotatable bonds is 6. The second-order valence-corrected chi connectivity index (χ2v) is 10.6. The van der Waals surface area contributed by atoms with E-state index in [0.29, 0.717) is 32.0 Å². The van der Waals surface area contributed by atoms with Crippen molar-refractivity contribution in [2.24, 2.45) is 0 Å². The summed E-state index contributed by atoms with van der Waals surface area (Å²) in [5.74, 6) is -3.17. The first-order valence-electron chi connectivity index (χ1n) is 10.5. The van der Waals surface area contributed by atoms with Crippen LogP contribution in [0.15, 0.2) is 29.2 Å². The van der Waals surface area contributed by atoms with E-state index < -0.39 is 33.0 Å². The Morgan fingerprint density at radius 2 is 1.74 bits per heavy atom. The smallest absolute Gasteiger partial charge is 0.269 e. The molecule has 2 atom stereocenters. The lowest BCUT2D eigenvalue weighted by Crippen LogP contribution is -2.64. The van der Waals surface area contributed by atoms with E-state index in [-0.39, 0.29) is 17.0 Å². The summed E-state index contributed by atoms with van der Waals surface area (Å²) in [4.78, 5) is 14.3. The van der Waals surface area contributed by atoms with Crippen molar-refractivity contribution in [3.8, 4) is 0 Å². The normalized spacial score (nSPS) is 25.8. The Bertz CT molecular complexity index is 887. The van der Waals surface area contributed by atoms with E-state index in [1.165, 1.54) is 7.05 Å². The SMILES string of the molecule is CC(C)N1CCN([C@H]2CCCC(F)(F)[C@@H]2N(C)S(=O)(=O)c2ccc([N+](=O)[O-])cc2)CC1. The monoisotopic (exact) mass is 460 g/mol. The summed E-state index contributed by atoms with van der Waals surface area (Å²) in [5.41, 5.74) is -0.259. The highest BCUT2D eigenvalue weighted by atomic mass is 32.2. The summed E-state index contributed by atoms with van der Waals surface area (Å²) in [6.07, 6.45) is 0.478. The number of hydrogen-bond donors (Lipinski definition) is 0. The van der Waals surface area contributed by atoms with Gasteiger partial charge in [-0.25, -0.2) is 17.2 Å². The zero-order valence-corrected chi connectivity index (χ0v) is 18.9. The Labute approximate surface area is 182 Å². The van der Waals surface area contributed by atoms with E-state index in [9.17, 15) is 18.5 Å². The third kappa shape index (κ3) is 4.89. The van der Waals surface area contributed by atoms with Crippen LogP contribution in [0.3, 0.4) is 0 Å². The van der Waals surface area contributed by atoms with Gasteiger partial charge in [-0.15, -0.1) is 0 Å². The third-order valence-corrected chi connectivity index (χ3v) is 8.32. The van der Waals surface area contributed by atoms with Crippen LogP contribution < -0.4 is 0 Å². The molecule has 0 bridgehead atoms. The molecule has 174 valence electrons. The van der Waals surface area contributed by atoms with E-state index in [0.717, 1.165) is 41.7 Å². The molecule has 0 aromatic heterocycles. The molecule has 1 heterocycles. The summed E-state index contributed by atoms with van der Waals surface area (Å²) in [6.45, 7) is 6.92. The van der Waals surface area contributed by atoms with Crippen LogP contribution >= 0.6 is 0 Å². The maximum absolute atomic E-state index is 15.1.